The Labute approximate surface area is 103 Å². The van der Waals surface area contributed by atoms with E-state index in [1.165, 1.54) is 11.3 Å². The first kappa shape index (κ1) is 12.0. The second-order valence-electron chi connectivity index (χ2n) is 4.63. The number of anilines is 1. The van der Waals surface area contributed by atoms with Crippen LogP contribution in [-0.4, -0.2) is 30.9 Å². The van der Waals surface area contributed by atoms with E-state index in [1.54, 1.807) is 0 Å². The van der Waals surface area contributed by atoms with Crippen LogP contribution in [0.15, 0.2) is 18.2 Å². The zero-order valence-electron chi connectivity index (χ0n) is 10.6. The van der Waals surface area contributed by atoms with Gasteiger partial charge in [-0.3, -0.25) is 4.79 Å². The van der Waals surface area contributed by atoms with Gasteiger partial charge in [0.15, 0.2) is 0 Å². The Kier molecular flexibility index (Phi) is 3.67. The Balaban J connectivity index is 2.09. The van der Waals surface area contributed by atoms with Crippen LogP contribution in [0.5, 0.6) is 0 Å². The molecule has 0 saturated heterocycles. The Hall–Kier alpha value is -1.51. The van der Waals surface area contributed by atoms with Gasteiger partial charge in [-0.1, -0.05) is 13.3 Å². The number of benzene rings is 1. The van der Waals surface area contributed by atoms with Gasteiger partial charge in [0, 0.05) is 31.4 Å². The largest absolute Gasteiger partial charge is 0.384 e. The third-order valence-corrected chi connectivity index (χ3v) is 3.26. The van der Waals surface area contributed by atoms with Crippen molar-refractivity contribution in [3.8, 4) is 0 Å². The molecule has 1 aromatic carbocycles. The summed E-state index contributed by atoms with van der Waals surface area (Å²) in [5.41, 5.74) is 3.25. The number of rotatable bonds is 4. The highest BCUT2D eigenvalue weighted by molar-refractivity contribution is 5.94. The Morgan fingerprint density at radius 1 is 1.47 bits per heavy atom. The number of fused-ring (bicyclic) bond motifs is 1. The highest BCUT2D eigenvalue weighted by Crippen LogP contribution is 2.23. The standard InChI is InChI=1S/C14H20N2O/c1-3-4-9-16(2)14(17)12-5-6-13-11(10-12)7-8-15-13/h5-6,10,15H,3-4,7-9H2,1-2H3. The van der Waals surface area contributed by atoms with E-state index < -0.39 is 0 Å². The SMILES string of the molecule is CCCCN(C)C(=O)c1ccc2c(c1)CCN2. The third-order valence-electron chi connectivity index (χ3n) is 3.26. The Morgan fingerprint density at radius 3 is 3.06 bits per heavy atom. The summed E-state index contributed by atoms with van der Waals surface area (Å²) in [6, 6.07) is 5.96. The van der Waals surface area contributed by atoms with Gasteiger partial charge in [-0.25, -0.2) is 0 Å². The first-order chi connectivity index (χ1) is 8.22. The number of nitrogens with zero attached hydrogens (tertiary/aromatic N) is 1. The first-order valence-electron chi connectivity index (χ1n) is 6.34. The van der Waals surface area contributed by atoms with Gasteiger partial charge in [-0.05, 0) is 36.6 Å². The van der Waals surface area contributed by atoms with Gasteiger partial charge in [-0.15, -0.1) is 0 Å². The molecular weight excluding hydrogens is 212 g/mol. The van der Waals surface area contributed by atoms with Crippen LogP contribution in [0.3, 0.4) is 0 Å². The summed E-state index contributed by atoms with van der Waals surface area (Å²) in [6.45, 7) is 3.96. The molecule has 0 unspecified atom stereocenters. The third kappa shape index (κ3) is 2.60. The summed E-state index contributed by atoms with van der Waals surface area (Å²) in [4.78, 5) is 14.0. The average Bonchev–Trinajstić information content (AvgIpc) is 2.81. The topological polar surface area (TPSA) is 32.3 Å². The molecule has 1 N–H and O–H groups in total. The molecule has 0 aromatic heterocycles. The summed E-state index contributed by atoms with van der Waals surface area (Å²) in [6.07, 6.45) is 3.20. The van der Waals surface area contributed by atoms with Crippen LogP contribution in [0.4, 0.5) is 5.69 Å². The Morgan fingerprint density at radius 2 is 2.29 bits per heavy atom. The maximum Gasteiger partial charge on any atom is 0.253 e. The van der Waals surface area contributed by atoms with Gasteiger partial charge in [0.2, 0.25) is 0 Å². The lowest BCUT2D eigenvalue weighted by molar-refractivity contribution is 0.0793. The average molecular weight is 232 g/mol. The first-order valence-corrected chi connectivity index (χ1v) is 6.34. The van der Waals surface area contributed by atoms with E-state index in [0.717, 1.165) is 37.9 Å². The van der Waals surface area contributed by atoms with Crippen molar-refractivity contribution in [1.29, 1.82) is 0 Å². The zero-order valence-corrected chi connectivity index (χ0v) is 10.6. The van der Waals surface area contributed by atoms with Crippen molar-refractivity contribution >= 4 is 11.6 Å². The molecule has 0 atom stereocenters. The van der Waals surface area contributed by atoms with E-state index in [-0.39, 0.29) is 5.91 Å². The molecule has 17 heavy (non-hydrogen) atoms. The highest BCUT2D eigenvalue weighted by Gasteiger charge is 2.15. The molecule has 1 aliphatic heterocycles. The van der Waals surface area contributed by atoms with E-state index in [0.29, 0.717) is 0 Å². The molecule has 1 amide bonds. The van der Waals surface area contributed by atoms with E-state index in [2.05, 4.69) is 12.2 Å². The fourth-order valence-electron chi connectivity index (χ4n) is 2.16. The van der Waals surface area contributed by atoms with Crippen molar-refractivity contribution in [3.63, 3.8) is 0 Å². The van der Waals surface area contributed by atoms with Crippen molar-refractivity contribution in [2.24, 2.45) is 0 Å². The molecule has 92 valence electrons. The van der Waals surface area contributed by atoms with E-state index >= 15 is 0 Å². The van der Waals surface area contributed by atoms with E-state index in [9.17, 15) is 4.79 Å². The van der Waals surface area contributed by atoms with Crippen molar-refractivity contribution in [2.75, 3.05) is 25.5 Å². The minimum absolute atomic E-state index is 0.133. The number of amides is 1. The lowest BCUT2D eigenvalue weighted by Gasteiger charge is -2.17. The fraction of sp³-hybridized carbons (Fsp3) is 0.500. The van der Waals surface area contributed by atoms with Crippen molar-refractivity contribution in [1.82, 2.24) is 4.90 Å². The smallest absolute Gasteiger partial charge is 0.253 e. The molecule has 0 bridgehead atoms. The number of hydrogen-bond donors (Lipinski definition) is 1. The second-order valence-corrected chi connectivity index (χ2v) is 4.63. The molecule has 0 radical (unpaired) electrons. The lowest BCUT2D eigenvalue weighted by atomic mass is 10.1. The lowest BCUT2D eigenvalue weighted by Crippen LogP contribution is -2.27. The van der Waals surface area contributed by atoms with Crippen molar-refractivity contribution in [2.45, 2.75) is 26.2 Å². The summed E-state index contributed by atoms with van der Waals surface area (Å²) < 4.78 is 0. The number of unbranched alkanes of at least 4 members (excludes halogenated alkanes) is 1. The number of carbonyl (C=O) groups is 1. The maximum absolute atomic E-state index is 12.2. The summed E-state index contributed by atoms with van der Waals surface area (Å²) in [5, 5.41) is 3.30. The molecular formula is C14H20N2O. The van der Waals surface area contributed by atoms with Crippen LogP contribution in [0.2, 0.25) is 0 Å². The molecule has 0 spiro atoms. The monoisotopic (exact) mass is 232 g/mol. The van der Waals surface area contributed by atoms with Gasteiger partial charge < -0.3 is 10.2 Å². The summed E-state index contributed by atoms with van der Waals surface area (Å²) in [5.74, 6) is 0.133. The second kappa shape index (κ2) is 5.21. The number of nitrogens with one attached hydrogen (secondary N) is 1. The number of carbonyl (C=O) groups excluding carboxylic acids is 1. The van der Waals surface area contributed by atoms with Crippen molar-refractivity contribution in [3.05, 3.63) is 29.3 Å². The molecule has 0 saturated carbocycles. The van der Waals surface area contributed by atoms with Gasteiger partial charge in [0.1, 0.15) is 0 Å². The minimum atomic E-state index is 0.133. The molecule has 3 heteroatoms. The van der Waals surface area contributed by atoms with Gasteiger partial charge in [0.05, 0.1) is 0 Å². The van der Waals surface area contributed by atoms with E-state index in [1.807, 2.05) is 30.1 Å². The highest BCUT2D eigenvalue weighted by atomic mass is 16.2. The zero-order chi connectivity index (χ0) is 12.3. The molecule has 2 rings (SSSR count). The maximum atomic E-state index is 12.2. The normalized spacial score (nSPS) is 13.1. The molecule has 1 aliphatic rings. The van der Waals surface area contributed by atoms with Crippen LogP contribution in [0, 0.1) is 0 Å². The Bertz CT molecular complexity index is 415. The van der Waals surface area contributed by atoms with Crippen LogP contribution in [0.1, 0.15) is 35.7 Å². The summed E-state index contributed by atoms with van der Waals surface area (Å²) in [7, 11) is 1.88. The minimum Gasteiger partial charge on any atom is -0.384 e. The van der Waals surface area contributed by atoms with Crippen LogP contribution >= 0.6 is 0 Å². The van der Waals surface area contributed by atoms with Gasteiger partial charge >= 0.3 is 0 Å². The molecule has 3 nitrogen and oxygen atoms in total. The molecule has 1 aromatic rings. The predicted octanol–water partition coefficient (Wildman–Crippen LogP) is 2.53. The van der Waals surface area contributed by atoms with E-state index in [4.69, 9.17) is 0 Å². The van der Waals surface area contributed by atoms with Crippen molar-refractivity contribution < 1.29 is 4.79 Å². The quantitative estimate of drug-likeness (QED) is 0.865. The predicted molar refractivity (Wildman–Crippen MR) is 70.5 cm³/mol. The molecule has 0 aliphatic carbocycles. The molecule has 0 fully saturated rings. The van der Waals surface area contributed by atoms with Gasteiger partial charge in [0.25, 0.3) is 5.91 Å². The van der Waals surface area contributed by atoms with Crippen LogP contribution < -0.4 is 5.32 Å². The fourth-order valence-corrected chi connectivity index (χ4v) is 2.16. The molecule has 1 heterocycles. The number of hydrogen-bond acceptors (Lipinski definition) is 2. The van der Waals surface area contributed by atoms with Crippen LogP contribution in [-0.2, 0) is 6.42 Å². The van der Waals surface area contributed by atoms with Gasteiger partial charge in [-0.2, -0.15) is 0 Å². The summed E-state index contributed by atoms with van der Waals surface area (Å²) >= 11 is 0. The van der Waals surface area contributed by atoms with Crippen LogP contribution in [0.25, 0.3) is 0 Å².